The van der Waals surface area contributed by atoms with E-state index in [4.69, 9.17) is 4.74 Å². The summed E-state index contributed by atoms with van der Waals surface area (Å²) in [5, 5.41) is 7.53. The maximum Gasteiger partial charge on any atom is 0.138 e. The molecule has 0 aliphatic carbocycles. The summed E-state index contributed by atoms with van der Waals surface area (Å²) >= 11 is 0. The summed E-state index contributed by atoms with van der Waals surface area (Å²) < 4.78 is 7.34. The lowest BCUT2D eigenvalue weighted by molar-refractivity contribution is 0.0846. The van der Waals surface area contributed by atoms with Gasteiger partial charge in [0.05, 0.1) is 6.10 Å². The zero-order valence-electron chi connectivity index (χ0n) is 11.5. The van der Waals surface area contributed by atoms with Crippen LogP contribution < -0.4 is 5.32 Å². The lowest BCUT2D eigenvalue weighted by Gasteiger charge is -2.22. The maximum atomic E-state index is 5.35. The van der Waals surface area contributed by atoms with Gasteiger partial charge in [-0.2, -0.15) is 5.10 Å². The number of rotatable bonds is 7. The summed E-state index contributed by atoms with van der Waals surface area (Å²) in [4.78, 5) is 4.33. The van der Waals surface area contributed by atoms with Crippen molar-refractivity contribution in [2.45, 2.75) is 45.9 Å². The molecular weight excluding hydrogens is 216 g/mol. The molecule has 1 rings (SSSR count). The van der Waals surface area contributed by atoms with E-state index < -0.39 is 0 Å². The van der Waals surface area contributed by atoms with E-state index in [1.807, 2.05) is 11.7 Å². The zero-order chi connectivity index (χ0) is 12.8. The normalized spacial score (nSPS) is 15.2. The van der Waals surface area contributed by atoms with Crippen LogP contribution in [0.5, 0.6) is 0 Å². The summed E-state index contributed by atoms with van der Waals surface area (Å²) in [6, 6.07) is 0.259. The van der Waals surface area contributed by atoms with E-state index in [-0.39, 0.29) is 12.1 Å². The summed E-state index contributed by atoms with van der Waals surface area (Å²) in [6.45, 7) is 7.33. The molecule has 0 amide bonds. The minimum atomic E-state index is 0.157. The fraction of sp³-hybridized carbons (Fsp3) is 0.833. The Hall–Kier alpha value is -0.940. The van der Waals surface area contributed by atoms with Gasteiger partial charge in [-0.15, -0.1) is 0 Å². The first kappa shape index (κ1) is 14.1. The number of aromatic nitrogens is 3. The Balaban J connectivity index is 2.69. The average Bonchev–Trinajstić information content (AvgIpc) is 2.71. The Morgan fingerprint density at radius 2 is 2.12 bits per heavy atom. The van der Waals surface area contributed by atoms with E-state index in [9.17, 15) is 0 Å². The number of nitrogens with zero attached hydrogens (tertiary/aromatic N) is 3. The molecule has 1 heterocycles. The monoisotopic (exact) mass is 240 g/mol. The van der Waals surface area contributed by atoms with Crippen LogP contribution in [0.3, 0.4) is 0 Å². The maximum absolute atomic E-state index is 5.35. The predicted octanol–water partition coefficient (Wildman–Crippen LogP) is 1.10. The van der Waals surface area contributed by atoms with E-state index in [0.29, 0.717) is 5.92 Å². The lowest BCUT2D eigenvalue weighted by atomic mass is 10.1. The smallest absolute Gasteiger partial charge is 0.138 e. The van der Waals surface area contributed by atoms with Crippen LogP contribution in [0.25, 0.3) is 0 Å². The van der Waals surface area contributed by atoms with Gasteiger partial charge in [0.2, 0.25) is 0 Å². The van der Waals surface area contributed by atoms with Crippen molar-refractivity contribution in [2.24, 2.45) is 5.92 Å². The van der Waals surface area contributed by atoms with Gasteiger partial charge >= 0.3 is 0 Å². The molecule has 0 aromatic carbocycles. The van der Waals surface area contributed by atoms with Gasteiger partial charge in [0.25, 0.3) is 0 Å². The van der Waals surface area contributed by atoms with Crippen LogP contribution in [0.1, 0.15) is 26.6 Å². The SMILES string of the molecule is CNC(Cc1ncnn1CC(C)C)C(C)OC. The molecule has 2 atom stereocenters. The van der Waals surface area contributed by atoms with Crippen molar-refractivity contribution in [2.75, 3.05) is 14.2 Å². The molecular formula is C12H24N4O. The van der Waals surface area contributed by atoms with Crippen LogP contribution in [-0.2, 0) is 17.7 Å². The van der Waals surface area contributed by atoms with Crippen molar-refractivity contribution < 1.29 is 4.74 Å². The van der Waals surface area contributed by atoms with Gasteiger partial charge in [0.1, 0.15) is 12.2 Å². The van der Waals surface area contributed by atoms with Gasteiger partial charge in [0.15, 0.2) is 0 Å². The van der Waals surface area contributed by atoms with Gasteiger partial charge < -0.3 is 10.1 Å². The fourth-order valence-corrected chi connectivity index (χ4v) is 1.81. The quantitative estimate of drug-likeness (QED) is 0.775. The molecule has 0 aliphatic rings. The first-order valence-corrected chi connectivity index (χ1v) is 6.15. The number of ether oxygens (including phenoxy) is 1. The van der Waals surface area contributed by atoms with Crippen molar-refractivity contribution in [3.8, 4) is 0 Å². The van der Waals surface area contributed by atoms with Crippen LogP contribution in [0.15, 0.2) is 6.33 Å². The second kappa shape index (κ2) is 6.71. The molecule has 17 heavy (non-hydrogen) atoms. The van der Waals surface area contributed by atoms with E-state index in [1.165, 1.54) is 0 Å². The molecule has 0 fully saturated rings. The summed E-state index contributed by atoms with van der Waals surface area (Å²) in [6.07, 6.45) is 2.62. The molecule has 1 N–H and O–H groups in total. The molecule has 0 radical (unpaired) electrons. The fourth-order valence-electron chi connectivity index (χ4n) is 1.81. The first-order chi connectivity index (χ1) is 8.08. The van der Waals surface area contributed by atoms with E-state index in [1.54, 1.807) is 13.4 Å². The highest BCUT2D eigenvalue weighted by molar-refractivity contribution is 4.91. The molecule has 0 saturated carbocycles. The Morgan fingerprint density at radius 3 is 2.65 bits per heavy atom. The standard InChI is InChI=1S/C12H24N4O/c1-9(2)7-16-12(14-8-15-16)6-11(13-4)10(3)17-5/h8-11,13H,6-7H2,1-5H3. The van der Waals surface area contributed by atoms with Gasteiger partial charge in [-0.05, 0) is 19.9 Å². The number of likely N-dealkylation sites (N-methyl/N-ethyl adjacent to an activating group) is 1. The Labute approximate surface area is 104 Å². The lowest BCUT2D eigenvalue weighted by Crippen LogP contribution is -2.39. The third kappa shape index (κ3) is 4.09. The van der Waals surface area contributed by atoms with Crippen LogP contribution in [-0.4, -0.2) is 41.1 Å². The minimum absolute atomic E-state index is 0.157. The van der Waals surface area contributed by atoms with Crippen molar-refractivity contribution >= 4 is 0 Å². The number of methoxy groups -OCH3 is 1. The summed E-state index contributed by atoms with van der Waals surface area (Å²) in [7, 11) is 3.68. The van der Waals surface area contributed by atoms with Crippen LogP contribution in [0, 0.1) is 5.92 Å². The van der Waals surface area contributed by atoms with Crippen molar-refractivity contribution in [3.63, 3.8) is 0 Å². The van der Waals surface area contributed by atoms with Crippen molar-refractivity contribution in [3.05, 3.63) is 12.2 Å². The highest BCUT2D eigenvalue weighted by Crippen LogP contribution is 2.07. The second-order valence-electron chi connectivity index (χ2n) is 4.79. The highest BCUT2D eigenvalue weighted by Gasteiger charge is 2.18. The molecule has 98 valence electrons. The van der Waals surface area contributed by atoms with Gasteiger partial charge in [-0.3, -0.25) is 0 Å². The highest BCUT2D eigenvalue weighted by atomic mass is 16.5. The number of hydrogen-bond donors (Lipinski definition) is 1. The average molecular weight is 240 g/mol. The van der Waals surface area contributed by atoms with Crippen LogP contribution in [0.2, 0.25) is 0 Å². The third-order valence-corrected chi connectivity index (χ3v) is 2.95. The molecule has 0 bridgehead atoms. The summed E-state index contributed by atoms with van der Waals surface area (Å²) in [5.41, 5.74) is 0. The van der Waals surface area contributed by atoms with Crippen LogP contribution >= 0.6 is 0 Å². The molecule has 2 unspecified atom stereocenters. The Kier molecular flexibility index (Phi) is 5.58. The van der Waals surface area contributed by atoms with E-state index in [0.717, 1.165) is 18.8 Å². The zero-order valence-corrected chi connectivity index (χ0v) is 11.5. The molecule has 1 aromatic heterocycles. The third-order valence-electron chi connectivity index (χ3n) is 2.95. The molecule has 1 aromatic rings. The second-order valence-corrected chi connectivity index (χ2v) is 4.79. The largest absolute Gasteiger partial charge is 0.380 e. The summed E-state index contributed by atoms with van der Waals surface area (Å²) in [5.74, 6) is 1.59. The topological polar surface area (TPSA) is 52.0 Å². The van der Waals surface area contributed by atoms with Gasteiger partial charge in [-0.25, -0.2) is 9.67 Å². The van der Waals surface area contributed by atoms with Crippen LogP contribution in [0.4, 0.5) is 0 Å². The van der Waals surface area contributed by atoms with E-state index in [2.05, 4.69) is 36.2 Å². The molecule has 0 aliphatic heterocycles. The molecule has 0 spiro atoms. The molecule has 0 saturated heterocycles. The number of hydrogen-bond acceptors (Lipinski definition) is 4. The Morgan fingerprint density at radius 1 is 1.41 bits per heavy atom. The van der Waals surface area contributed by atoms with E-state index >= 15 is 0 Å². The predicted molar refractivity (Wildman–Crippen MR) is 67.9 cm³/mol. The van der Waals surface area contributed by atoms with Gasteiger partial charge in [0, 0.05) is 26.1 Å². The number of nitrogens with one attached hydrogen (secondary N) is 1. The first-order valence-electron chi connectivity index (χ1n) is 6.15. The van der Waals surface area contributed by atoms with Gasteiger partial charge in [-0.1, -0.05) is 13.8 Å². The Bertz CT molecular complexity index is 324. The molecule has 5 heteroatoms. The van der Waals surface area contributed by atoms with Crippen molar-refractivity contribution in [1.82, 2.24) is 20.1 Å². The minimum Gasteiger partial charge on any atom is -0.380 e. The van der Waals surface area contributed by atoms with Crippen molar-refractivity contribution in [1.29, 1.82) is 0 Å². The molecule has 5 nitrogen and oxygen atoms in total.